The molecule has 0 aromatic rings. The van der Waals surface area contributed by atoms with Gasteiger partial charge in [-0.15, -0.1) is 0 Å². The van der Waals surface area contributed by atoms with Crippen molar-refractivity contribution in [2.24, 2.45) is 5.92 Å². The standard InChI is InChI=1S/C11H23N3O5S/c1-7(2)8(9(15)16)13-10(17)12-6-11(3,4)14-20(5,18)19/h7-8,14H,6H2,1-5H3,(H,15,16)(H2,12,13,17)/t8-/m1/s1. The molecule has 0 aliphatic carbocycles. The van der Waals surface area contributed by atoms with Crippen LogP contribution < -0.4 is 15.4 Å². The van der Waals surface area contributed by atoms with Gasteiger partial charge >= 0.3 is 12.0 Å². The maximum absolute atomic E-state index is 11.6. The van der Waals surface area contributed by atoms with Gasteiger partial charge in [-0.3, -0.25) is 0 Å². The fraction of sp³-hybridized carbons (Fsp3) is 0.818. The van der Waals surface area contributed by atoms with Crippen LogP contribution in [0, 0.1) is 5.92 Å². The third-order valence-corrected chi connectivity index (χ3v) is 3.30. The Labute approximate surface area is 119 Å². The van der Waals surface area contributed by atoms with Crippen LogP contribution in [0.25, 0.3) is 0 Å². The van der Waals surface area contributed by atoms with Gasteiger partial charge in [-0.05, 0) is 19.8 Å². The normalized spacial score (nSPS) is 13.9. The summed E-state index contributed by atoms with van der Waals surface area (Å²) in [6.07, 6.45) is 1.02. The molecule has 1 atom stereocenters. The van der Waals surface area contributed by atoms with E-state index in [1.165, 1.54) is 0 Å². The van der Waals surface area contributed by atoms with Crippen molar-refractivity contribution in [3.05, 3.63) is 0 Å². The second-order valence-electron chi connectivity index (χ2n) is 5.65. The first-order chi connectivity index (χ1) is 8.84. The number of hydrogen-bond donors (Lipinski definition) is 4. The van der Waals surface area contributed by atoms with E-state index in [-0.39, 0.29) is 12.5 Å². The molecule has 0 aromatic carbocycles. The van der Waals surface area contributed by atoms with Crippen molar-refractivity contribution in [2.45, 2.75) is 39.3 Å². The molecule has 0 spiro atoms. The first kappa shape index (κ1) is 18.7. The molecule has 0 saturated heterocycles. The van der Waals surface area contributed by atoms with E-state index in [4.69, 9.17) is 5.11 Å². The Balaban J connectivity index is 4.45. The number of carboxylic acids is 1. The Hall–Kier alpha value is -1.35. The summed E-state index contributed by atoms with van der Waals surface area (Å²) in [5.74, 6) is -1.39. The number of urea groups is 1. The van der Waals surface area contributed by atoms with E-state index in [2.05, 4.69) is 15.4 Å². The summed E-state index contributed by atoms with van der Waals surface area (Å²) in [6, 6.07) is -1.66. The molecular weight excluding hydrogens is 286 g/mol. The van der Waals surface area contributed by atoms with Gasteiger partial charge in [0.05, 0.1) is 6.26 Å². The summed E-state index contributed by atoms with van der Waals surface area (Å²) in [5, 5.41) is 13.7. The molecule has 0 aliphatic heterocycles. The average molecular weight is 309 g/mol. The van der Waals surface area contributed by atoms with E-state index in [9.17, 15) is 18.0 Å². The van der Waals surface area contributed by atoms with Gasteiger partial charge in [-0.2, -0.15) is 0 Å². The van der Waals surface area contributed by atoms with Crippen LogP contribution in [0.15, 0.2) is 0 Å². The van der Waals surface area contributed by atoms with Gasteiger partial charge in [0.1, 0.15) is 6.04 Å². The Morgan fingerprint density at radius 2 is 1.75 bits per heavy atom. The number of rotatable bonds is 7. The van der Waals surface area contributed by atoms with Crippen LogP contribution in [-0.2, 0) is 14.8 Å². The molecule has 9 heteroatoms. The third-order valence-electron chi connectivity index (χ3n) is 2.37. The van der Waals surface area contributed by atoms with Gasteiger partial charge < -0.3 is 15.7 Å². The minimum Gasteiger partial charge on any atom is -0.480 e. The van der Waals surface area contributed by atoms with Crippen LogP contribution in [0.2, 0.25) is 0 Å². The van der Waals surface area contributed by atoms with Crippen molar-refractivity contribution in [3.63, 3.8) is 0 Å². The zero-order valence-corrected chi connectivity index (χ0v) is 13.2. The average Bonchev–Trinajstić information content (AvgIpc) is 2.18. The molecule has 0 bridgehead atoms. The number of aliphatic carboxylic acids is 1. The van der Waals surface area contributed by atoms with Crippen LogP contribution in [-0.4, -0.2) is 49.9 Å². The van der Waals surface area contributed by atoms with Crippen molar-refractivity contribution >= 4 is 22.0 Å². The number of hydrogen-bond acceptors (Lipinski definition) is 4. The molecule has 0 unspecified atom stereocenters. The molecule has 0 heterocycles. The number of amides is 2. The monoisotopic (exact) mass is 309 g/mol. The molecule has 0 rings (SSSR count). The van der Waals surface area contributed by atoms with Crippen molar-refractivity contribution in [2.75, 3.05) is 12.8 Å². The molecule has 20 heavy (non-hydrogen) atoms. The summed E-state index contributed by atoms with van der Waals surface area (Å²) in [7, 11) is -3.40. The first-order valence-electron chi connectivity index (χ1n) is 6.10. The minimum absolute atomic E-state index is 0.0241. The van der Waals surface area contributed by atoms with Gasteiger partial charge in [0.25, 0.3) is 0 Å². The number of carbonyl (C=O) groups excluding carboxylic acids is 1. The Kier molecular flexibility index (Phi) is 6.42. The third kappa shape index (κ3) is 7.95. The summed E-state index contributed by atoms with van der Waals surface area (Å²) in [4.78, 5) is 22.5. The minimum atomic E-state index is -3.40. The van der Waals surface area contributed by atoms with E-state index < -0.39 is 33.6 Å². The lowest BCUT2D eigenvalue weighted by Gasteiger charge is -2.26. The highest BCUT2D eigenvalue weighted by atomic mass is 32.2. The summed E-state index contributed by atoms with van der Waals surface area (Å²) in [5.41, 5.74) is -0.874. The Morgan fingerprint density at radius 1 is 1.25 bits per heavy atom. The highest BCUT2D eigenvalue weighted by molar-refractivity contribution is 7.88. The van der Waals surface area contributed by atoms with Crippen molar-refractivity contribution in [1.29, 1.82) is 0 Å². The number of sulfonamides is 1. The lowest BCUT2D eigenvalue weighted by atomic mass is 10.1. The molecular formula is C11H23N3O5S. The number of carbonyl (C=O) groups is 2. The van der Waals surface area contributed by atoms with E-state index in [0.29, 0.717) is 0 Å². The van der Waals surface area contributed by atoms with Gasteiger partial charge in [-0.1, -0.05) is 13.8 Å². The van der Waals surface area contributed by atoms with E-state index in [1.807, 2.05) is 0 Å². The molecule has 118 valence electrons. The van der Waals surface area contributed by atoms with E-state index >= 15 is 0 Å². The van der Waals surface area contributed by atoms with Gasteiger partial charge in [0.15, 0.2) is 0 Å². The van der Waals surface area contributed by atoms with Crippen molar-refractivity contribution < 1.29 is 23.1 Å². The molecule has 2 amide bonds. The molecule has 0 aromatic heterocycles. The van der Waals surface area contributed by atoms with Crippen LogP contribution >= 0.6 is 0 Å². The molecule has 4 N–H and O–H groups in total. The van der Waals surface area contributed by atoms with E-state index in [0.717, 1.165) is 6.26 Å². The highest BCUT2D eigenvalue weighted by Gasteiger charge is 2.26. The smallest absolute Gasteiger partial charge is 0.326 e. The molecule has 0 fully saturated rings. The van der Waals surface area contributed by atoms with Crippen LogP contribution in [0.3, 0.4) is 0 Å². The number of carboxylic acid groups (broad SMARTS) is 1. The number of nitrogens with one attached hydrogen (secondary N) is 3. The van der Waals surface area contributed by atoms with Gasteiger partial charge in [0.2, 0.25) is 10.0 Å². The molecule has 8 nitrogen and oxygen atoms in total. The van der Waals surface area contributed by atoms with Crippen LogP contribution in [0.4, 0.5) is 4.79 Å². The summed E-state index contributed by atoms with van der Waals surface area (Å²) < 4.78 is 24.6. The Bertz CT molecular complexity index is 459. The summed E-state index contributed by atoms with van der Waals surface area (Å²) in [6.45, 7) is 6.58. The largest absolute Gasteiger partial charge is 0.480 e. The fourth-order valence-corrected chi connectivity index (χ4v) is 2.62. The maximum atomic E-state index is 11.6. The summed E-state index contributed by atoms with van der Waals surface area (Å²) >= 11 is 0. The quantitative estimate of drug-likeness (QED) is 0.515. The maximum Gasteiger partial charge on any atom is 0.326 e. The Morgan fingerprint density at radius 3 is 2.10 bits per heavy atom. The lowest BCUT2D eigenvalue weighted by molar-refractivity contribution is -0.140. The molecule has 0 aliphatic rings. The van der Waals surface area contributed by atoms with Crippen LogP contribution in [0.1, 0.15) is 27.7 Å². The predicted molar refractivity (Wildman–Crippen MR) is 74.9 cm³/mol. The topological polar surface area (TPSA) is 125 Å². The second-order valence-corrected chi connectivity index (χ2v) is 7.39. The first-order valence-corrected chi connectivity index (χ1v) is 7.99. The van der Waals surface area contributed by atoms with Crippen molar-refractivity contribution in [3.8, 4) is 0 Å². The zero-order chi connectivity index (χ0) is 16.1. The SMILES string of the molecule is CC(C)[C@@H](NC(=O)NCC(C)(C)NS(C)(=O)=O)C(=O)O. The predicted octanol–water partition coefficient (Wildman–Crippen LogP) is -0.277. The van der Waals surface area contributed by atoms with Crippen molar-refractivity contribution in [1.82, 2.24) is 15.4 Å². The second kappa shape index (κ2) is 6.89. The van der Waals surface area contributed by atoms with E-state index in [1.54, 1.807) is 27.7 Å². The van der Waals surface area contributed by atoms with Gasteiger partial charge in [0, 0.05) is 12.1 Å². The zero-order valence-electron chi connectivity index (χ0n) is 12.4. The van der Waals surface area contributed by atoms with Gasteiger partial charge in [-0.25, -0.2) is 22.7 Å². The molecule has 0 saturated carbocycles. The molecule has 0 radical (unpaired) electrons. The fourth-order valence-electron chi connectivity index (χ4n) is 1.55. The lowest BCUT2D eigenvalue weighted by Crippen LogP contribution is -2.55. The van der Waals surface area contributed by atoms with Crippen LogP contribution in [0.5, 0.6) is 0 Å². The highest BCUT2D eigenvalue weighted by Crippen LogP contribution is 2.03.